The van der Waals surface area contributed by atoms with Crippen molar-refractivity contribution in [2.75, 3.05) is 7.05 Å². The molecule has 0 fully saturated rings. The van der Waals surface area contributed by atoms with Crippen molar-refractivity contribution >= 4 is 60.2 Å². The van der Waals surface area contributed by atoms with Crippen molar-refractivity contribution in [3.05, 3.63) is 200 Å². The average molecular weight is 786 g/mol. The average Bonchev–Trinajstić information content (AvgIpc) is 3.89. The third-order valence-corrected chi connectivity index (χ3v) is 11.5. The summed E-state index contributed by atoms with van der Waals surface area (Å²) in [5.74, 6) is 0.649. The summed E-state index contributed by atoms with van der Waals surface area (Å²) in [4.78, 5) is 10.7. The number of benzene rings is 8. The van der Waals surface area contributed by atoms with Gasteiger partial charge < -0.3 is 14.2 Å². The number of para-hydroxylation sites is 2. The molecular weight excluding hydrogens is 747 g/mol. The monoisotopic (exact) mass is 785 g/mol. The zero-order chi connectivity index (χ0) is 40.9. The predicted molar refractivity (Wildman–Crippen MR) is 253 cm³/mol. The number of nitrogens with one attached hydrogen (secondary N) is 1. The SMILES string of the molecule is C/C=C\C(=C/NC)c1cccc(-c2nc(-c3cc(-c4ccc5oc6ccccc6c5c4)cc(-c4ccc5oc6ccccc6c5c4)c3)cc(-c3ccc4ccccc4c3)n2)c1. The molecule has 1 N–H and O–H groups in total. The van der Waals surface area contributed by atoms with Crippen molar-refractivity contribution in [2.45, 2.75) is 6.92 Å². The molecule has 0 bridgehead atoms. The maximum Gasteiger partial charge on any atom is 0.160 e. The summed E-state index contributed by atoms with van der Waals surface area (Å²) in [7, 11) is 1.92. The second kappa shape index (κ2) is 15.0. The van der Waals surface area contributed by atoms with Crippen LogP contribution in [0.25, 0.3) is 116 Å². The molecule has 5 heteroatoms. The highest BCUT2D eigenvalue weighted by Crippen LogP contribution is 2.39. The Kier molecular flexibility index (Phi) is 8.86. The molecule has 0 aliphatic carbocycles. The van der Waals surface area contributed by atoms with Crippen LogP contribution in [0, 0.1) is 0 Å². The van der Waals surface area contributed by atoms with Gasteiger partial charge in [0.15, 0.2) is 5.82 Å². The number of furan rings is 2. The Labute approximate surface area is 353 Å². The molecule has 0 saturated carbocycles. The molecule has 5 nitrogen and oxygen atoms in total. The lowest BCUT2D eigenvalue weighted by Crippen LogP contribution is -1.98. The van der Waals surface area contributed by atoms with Gasteiger partial charge in [-0.15, -0.1) is 0 Å². The van der Waals surface area contributed by atoms with Gasteiger partial charge >= 0.3 is 0 Å². The Morgan fingerprint density at radius 2 is 1.02 bits per heavy atom. The fourth-order valence-corrected chi connectivity index (χ4v) is 8.54. The van der Waals surface area contributed by atoms with E-state index in [4.69, 9.17) is 18.8 Å². The van der Waals surface area contributed by atoms with Crippen LogP contribution in [0.2, 0.25) is 0 Å². The highest BCUT2D eigenvalue weighted by molar-refractivity contribution is 6.08. The molecule has 3 aromatic heterocycles. The zero-order valence-corrected chi connectivity index (χ0v) is 33.7. The lowest BCUT2D eigenvalue weighted by Gasteiger charge is -2.14. The Morgan fingerprint density at radius 3 is 1.67 bits per heavy atom. The van der Waals surface area contributed by atoms with E-state index in [0.29, 0.717) is 5.82 Å². The van der Waals surface area contributed by atoms with Crippen molar-refractivity contribution < 1.29 is 8.83 Å². The van der Waals surface area contributed by atoms with E-state index in [-0.39, 0.29) is 0 Å². The third kappa shape index (κ3) is 6.63. The van der Waals surface area contributed by atoms with E-state index >= 15 is 0 Å². The number of rotatable bonds is 8. The first-order chi connectivity index (χ1) is 30.1. The van der Waals surface area contributed by atoms with Crippen LogP contribution in [0.1, 0.15) is 12.5 Å². The molecule has 11 rings (SSSR count). The fourth-order valence-electron chi connectivity index (χ4n) is 8.54. The lowest BCUT2D eigenvalue weighted by molar-refractivity contribution is 0.668. The van der Waals surface area contributed by atoms with Crippen LogP contribution < -0.4 is 5.32 Å². The summed E-state index contributed by atoms with van der Waals surface area (Å²) in [5.41, 5.74) is 14.5. The second-order valence-corrected chi connectivity index (χ2v) is 15.4. The van der Waals surface area contributed by atoms with E-state index in [0.717, 1.165) is 111 Å². The van der Waals surface area contributed by atoms with Crippen molar-refractivity contribution in [3.8, 4) is 56.2 Å². The lowest BCUT2D eigenvalue weighted by atomic mass is 9.93. The van der Waals surface area contributed by atoms with E-state index in [1.54, 1.807) is 0 Å². The molecule has 0 spiro atoms. The standard InChI is InChI=1S/C56H39N3O2/c1-3-11-42(34-57-2)37-14-10-15-41(27-37)56-58-50(40-21-20-35-12-4-5-13-36(35)26-40)33-51(59-56)45-29-43(38-22-24-54-48(31-38)46-16-6-8-18-52(46)60-54)28-44(30-45)39-23-25-55-49(32-39)47-17-7-9-19-53(47)61-55/h3-34,57H,1-2H3/b11-3-,42-34+. The first kappa shape index (κ1) is 36.1. The minimum Gasteiger partial charge on any atom is -0.456 e. The van der Waals surface area contributed by atoms with Gasteiger partial charge in [0, 0.05) is 51.5 Å². The van der Waals surface area contributed by atoms with Crippen molar-refractivity contribution in [1.82, 2.24) is 15.3 Å². The molecule has 0 aliphatic heterocycles. The third-order valence-electron chi connectivity index (χ3n) is 11.5. The Hall–Kier alpha value is -8.02. The molecule has 0 unspecified atom stereocenters. The number of hydrogen-bond acceptors (Lipinski definition) is 5. The molecule has 0 amide bonds. The fraction of sp³-hybridized carbons (Fsp3) is 0.0357. The molecule has 0 atom stereocenters. The van der Waals surface area contributed by atoms with Gasteiger partial charge in [-0.1, -0.05) is 115 Å². The van der Waals surface area contributed by atoms with Gasteiger partial charge in [0.2, 0.25) is 0 Å². The smallest absolute Gasteiger partial charge is 0.160 e. The quantitative estimate of drug-likeness (QED) is 0.155. The Bertz CT molecular complexity index is 3420. The maximum absolute atomic E-state index is 6.25. The van der Waals surface area contributed by atoms with Crippen LogP contribution in [-0.4, -0.2) is 17.0 Å². The predicted octanol–water partition coefficient (Wildman–Crippen LogP) is 14.9. The molecule has 0 aliphatic rings. The topological polar surface area (TPSA) is 64.1 Å². The number of fused-ring (bicyclic) bond motifs is 7. The van der Waals surface area contributed by atoms with Gasteiger partial charge in [0.1, 0.15) is 22.3 Å². The van der Waals surface area contributed by atoms with Crippen molar-refractivity contribution in [2.24, 2.45) is 0 Å². The molecule has 3 heterocycles. The number of allylic oxidation sites excluding steroid dienone is 3. The molecule has 8 aromatic carbocycles. The highest BCUT2D eigenvalue weighted by Gasteiger charge is 2.17. The van der Waals surface area contributed by atoms with E-state index < -0.39 is 0 Å². The van der Waals surface area contributed by atoms with Gasteiger partial charge in [-0.3, -0.25) is 0 Å². The summed E-state index contributed by atoms with van der Waals surface area (Å²) in [6.45, 7) is 2.03. The van der Waals surface area contributed by atoms with E-state index in [9.17, 15) is 0 Å². The van der Waals surface area contributed by atoms with Gasteiger partial charge in [-0.2, -0.15) is 0 Å². The van der Waals surface area contributed by atoms with Crippen LogP contribution in [0.5, 0.6) is 0 Å². The maximum atomic E-state index is 6.25. The zero-order valence-electron chi connectivity index (χ0n) is 33.7. The van der Waals surface area contributed by atoms with Gasteiger partial charge in [-0.05, 0) is 124 Å². The summed E-state index contributed by atoms with van der Waals surface area (Å²) < 4.78 is 12.5. The largest absolute Gasteiger partial charge is 0.456 e. The molecule has 0 saturated heterocycles. The normalized spacial score (nSPS) is 12.1. The van der Waals surface area contributed by atoms with Crippen molar-refractivity contribution in [3.63, 3.8) is 0 Å². The van der Waals surface area contributed by atoms with Crippen LogP contribution in [0.15, 0.2) is 203 Å². The van der Waals surface area contributed by atoms with E-state index in [2.05, 4.69) is 169 Å². The summed E-state index contributed by atoms with van der Waals surface area (Å²) >= 11 is 0. The number of hydrogen-bond donors (Lipinski definition) is 1. The van der Waals surface area contributed by atoms with Crippen LogP contribution in [-0.2, 0) is 0 Å². The van der Waals surface area contributed by atoms with Crippen LogP contribution >= 0.6 is 0 Å². The van der Waals surface area contributed by atoms with E-state index in [1.165, 1.54) is 5.39 Å². The number of aromatic nitrogens is 2. The van der Waals surface area contributed by atoms with Gasteiger partial charge in [0.05, 0.1) is 11.4 Å². The summed E-state index contributed by atoms with van der Waals surface area (Å²) in [5, 5.41) is 9.90. The Morgan fingerprint density at radius 1 is 0.443 bits per heavy atom. The van der Waals surface area contributed by atoms with Crippen molar-refractivity contribution in [1.29, 1.82) is 0 Å². The Balaban J connectivity index is 1.14. The first-order valence-electron chi connectivity index (χ1n) is 20.6. The highest BCUT2D eigenvalue weighted by atomic mass is 16.3. The molecule has 290 valence electrons. The summed E-state index contributed by atoms with van der Waals surface area (Å²) in [6.07, 6.45) is 6.17. The molecule has 11 aromatic rings. The summed E-state index contributed by atoms with van der Waals surface area (Å²) in [6, 6.07) is 61.8. The van der Waals surface area contributed by atoms with Gasteiger partial charge in [0.25, 0.3) is 0 Å². The molecule has 0 radical (unpaired) electrons. The second-order valence-electron chi connectivity index (χ2n) is 15.4. The minimum atomic E-state index is 0.649. The first-order valence-corrected chi connectivity index (χ1v) is 20.6. The molecular formula is C56H39N3O2. The molecule has 61 heavy (non-hydrogen) atoms. The number of nitrogens with zero attached hydrogens (tertiary/aromatic N) is 2. The van der Waals surface area contributed by atoms with E-state index in [1.807, 2.05) is 44.4 Å². The van der Waals surface area contributed by atoms with Crippen LogP contribution in [0.3, 0.4) is 0 Å². The van der Waals surface area contributed by atoms with Crippen LogP contribution in [0.4, 0.5) is 0 Å². The van der Waals surface area contributed by atoms with Gasteiger partial charge in [-0.25, -0.2) is 9.97 Å². The minimum absolute atomic E-state index is 0.649.